The first-order valence-corrected chi connectivity index (χ1v) is 7.94. The SMILES string of the molecule is O=C(NC1CCN(c2ccc(Br)cc2)C1)C1CCCO1. The molecule has 0 bridgehead atoms. The van der Waals surface area contributed by atoms with Crippen molar-refractivity contribution >= 4 is 27.5 Å². The molecule has 2 aliphatic rings. The smallest absolute Gasteiger partial charge is 0.249 e. The van der Waals surface area contributed by atoms with E-state index in [1.165, 1.54) is 5.69 Å². The third-order valence-corrected chi connectivity index (χ3v) is 4.48. The van der Waals surface area contributed by atoms with Crippen molar-refractivity contribution in [2.45, 2.75) is 31.4 Å². The summed E-state index contributed by atoms with van der Waals surface area (Å²) >= 11 is 3.45. The van der Waals surface area contributed by atoms with Gasteiger partial charge in [-0.3, -0.25) is 4.79 Å². The Morgan fingerprint density at radius 3 is 2.80 bits per heavy atom. The molecule has 108 valence electrons. The summed E-state index contributed by atoms with van der Waals surface area (Å²) in [5.41, 5.74) is 1.21. The van der Waals surface area contributed by atoms with Crippen molar-refractivity contribution in [3.05, 3.63) is 28.7 Å². The Labute approximate surface area is 127 Å². The predicted molar refractivity (Wildman–Crippen MR) is 81.9 cm³/mol. The maximum Gasteiger partial charge on any atom is 0.249 e. The van der Waals surface area contributed by atoms with E-state index in [2.05, 4.69) is 38.3 Å². The van der Waals surface area contributed by atoms with Gasteiger partial charge in [0.1, 0.15) is 6.10 Å². The Morgan fingerprint density at radius 2 is 2.10 bits per heavy atom. The monoisotopic (exact) mass is 338 g/mol. The fraction of sp³-hybridized carbons (Fsp3) is 0.533. The zero-order valence-electron chi connectivity index (χ0n) is 11.3. The van der Waals surface area contributed by atoms with Crippen molar-refractivity contribution in [3.63, 3.8) is 0 Å². The Balaban J connectivity index is 1.54. The molecule has 0 aromatic heterocycles. The Morgan fingerprint density at radius 1 is 1.30 bits per heavy atom. The van der Waals surface area contributed by atoms with Gasteiger partial charge in [-0.05, 0) is 43.5 Å². The average molecular weight is 339 g/mol. The highest BCUT2D eigenvalue weighted by Gasteiger charge is 2.29. The molecule has 2 fully saturated rings. The standard InChI is InChI=1S/C15H19BrN2O2/c16-11-3-5-13(6-4-11)18-8-7-12(10-18)17-15(19)14-2-1-9-20-14/h3-6,12,14H,1-2,7-10H2,(H,17,19). The average Bonchev–Trinajstić information content (AvgIpc) is 3.10. The molecule has 3 rings (SSSR count). The molecule has 1 amide bonds. The summed E-state index contributed by atoms with van der Waals surface area (Å²) in [6.07, 6.45) is 2.62. The second-order valence-electron chi connectivity index (χ2n) is 5.42. The number of nitrogens with one attached hydrogen (secondary N) is 1. The van der Waals surface area contributed by atoms with Crippen LogP contribution >= 0.6 is 15.9 Å². The molecule has 2 aliphatic heterocycles. The van der Waals surface area contributed by atoms with Gasteiger partial charge in [0.25, 0.3) is 0 Å². The molecule has 1 N–H and O–H groups in total. The first kappa shape index (κ1) is 13.9. The van der Waals surface area contributed by atoms with Crippen LogP contribution in [-0.4, -0.2) is 37.7 Å². The molecular weight excluding hydrogens is 320 g/mol. The number of amides is 1. The lowest BCUT2D eigenvalue weighted by molar-refractivity contribution is -0.130. The lowest BCUT2D eigenvalue weighted by atomic mass is 10.2. The van der Waals surface area contributed by atoms with E-state index < -0.39 is 0 Å². The van der Waals surface area contributed by atoms with E-state index in [0.29, 0.717) is 6.61 Å². The second kappa shape index (κ2) is 6.14. The van der Waals surface area contributed by atoms with Crippen LogP contribution in [0.4, 0.5) is 5.69 Å². The number of hydrogen-bond acceptors (Lipinski definition) is 3. The van der Waals surface area contributed by atoms with Crippen LogP contribution in [0.2, 0.25) is 0 Å². The number of carbonyl (C=O) groups excluding carboxylic acids is 1. The van der Waals surface area contributed by atoms with E-state index in [0.717, 1.165) is 36.8 Å². The van der Waals surface area contributed by atoms with E-state index >= 15 is 0 Å². The lowest BCUT2D eigenvalue weighted by Gasteiger charge is -2.20. The molecule has 1 aromatic rings. The van der Waals surface area contributed by atoms with Gasteiger partial charge in [0.2, 0.25) is 5.91 Å². The van der Waals surface area contributed by atoms with E-state index in [-0.39, 0.29) is 18.1 Å². The largest absolute Gasteiger partial charge is 0.369 e. The number of rotatable bonds is 3. The molecule has 1 aromatic carbocycles. The van der Waals surface area contributed by atoms with Crippen LogP contribution in [-0.2, 0) is 9.53 Å². The summed E-state index contributed by atoms with van der Waals surface area (Å²) in [6, 6.07) is 8.54. The number of ether oxygens (including phenoxy) is 1. The van der Waals surface area contributed by atoms with E-state index in [9.17, 15) is 4.79 Å². The van der Waals surface area contributed by atoms with Crippen LogP contribution in [0.25, 0.3) is 0 Å². The van der Waals surface area contributed by atoms with Crippen molar-refractivity contribution in [2.24, 2.45) is 0 Å². The minimum Gasteiger partial charge on any atom is -0.369 e. The van der Waals surface area contributed by atoms with E-state index in [1.54, 1.807) is 0 Å². The maximum absolute atomic E-state index is 12.0. The molecule has 2 unspecified atom stereocenters. The van der Waals surface area contributed by atoms with Gasteiger partial charge in [-0.1, -0.05) is 15.9 Å². The van der Waals surface area contributed by atoms with Gasteiger partial charge in [0.15, 0.2) is 0 Å². The molecule has 0 aliphatic carbocycles. The first-order chi connectivity index (χ1) is 9.72. The summed E-state index contributed by atoms with van der Waals surface area (Å²) < 4.78 is 6.51. The lowest BCUT2D eigenvalue weighted by Crippen LogP contribution is -2.42. The third kappa shape index (κ3) is 3.15. The van der Waals surface area contributed by atoms with Crippen LogP contribution in [0, 0.1) is 0 Å². The summed E-state index contributed by atoms with van der Waals surface area (Å²) in [5, 5.41) is 3.12. The van der Waals surface area contributed by atoms with Crippen molar-refractivity contribution in [1.82, 2.24) is 5.32 Å². The number of carbonyl (C=O) groups is 1. The topological polar surface area (TPSA) is 41.6 Å². The number of halogens is 1. The highest BCUT2D eigenvalue weighted by atomic mass is 79.9. The van der Waals surface area contributed by atoms with Gasteiger partial charge >= 0.3 is 0 Å². The predicted octanol–water partition coefficient (Wildman–Crippen LogP) is 2.32. The molecule has 2 atom stereocenters. The molecule has 2 heterocycles. The van der Waals surface area contributed by atoms with Crippen molar-refractivity contribution in [1.29, 1.82) is 0 Å². The number of hydrogen-bond donors (Lipinski definition) is 1. The molecule has 20 heavy (non-hydrogen) atoms. The van der Waals surface area contributed by atoms with Crippen LogP contribution in [0.5, 0.6) is 0 Å². The maximum atomic E-state index is 12.0. The number of anilines is 1. The zero-order chi connectivity index (χ0) is 13.9. The summed E-state index contributed by atoms with van der Waals surface area (Å²) in [6.45, 7) is 2.58. The van der Waals surface area contributed by atoms with Gasteiger partial charge in [0.05, 0.1) is 0 Å². The van der Waals surface area contributed by atoms with Gasteiger partial charge in [0, 0.05) is 35.9 Å². The van der Waals surface area contributed by atoms with Crippen molar-refractivity contribution in [3.8, 4) is 0 Å². The van der Waals surface area contributed by atoms with E-state index in [1.807, 2.05) is 12.1 Å². The Bertz CT molecular complexity index is 471. The minimum absolute atomic E-state index is 0.0603. The normalized spacial score (nSPS) is 25.9. The highest BCUT2D eigenvalue weighted by molar-refractivity contribution is 9.10. The molecule has 0 radical (unpaired) electrons. The van der Waals surface area contributed by atoms with Gasteiger partial charge in [-0.25, -0.2) is 0 Å². The quantitative estimate of drug-likeness (QED) is 0.919. The first-order valence-electron chi connectivity index (χ1n) is 7.15. The molecule has 5 heteroatoms. The zero-order valence-corrected chi connectivity index (χ0v) is 12.9. The van der Waals surface area contributed by atoms with Crippen molar-refractivity contribution in [2.75, 3.05) is 24.6 Å². The Kier molecular flexibility index (Phi) is 4.27. The fourth-order valence-corrected chi connectivity index (χ4v) is 3.11. The fourth-order valence-electron chi connectivity index (χ4n) is 2.84. The summed E-state index contributed by atoms with van der Waals surface area (Å²) in [4.78, 5) is 14.3. The number of nitrogens with zero attached hydrogens (tertiary/aromatic N) is 1. The molecule has 0 saturated carbocycles. The summed E-state index contributed by atoms with van der Waals surface area (Å²) in [7, 11) is 0. The third-order valence-electron chi connectivity index (χ3n) is 3.95. The second-order valence-corrected chi connectivity index (χ2v) is 6.33. The summed E-state index contributed by atoms with van der Waals surface area (Å²) in [5.74, 6) is 0.0603. The van der Waals surface area contributed by atoms with Gasteiger partial charge < -0.3 is 15.0 Å². The van der Waals surface area contributed by atoms with Crippen LogP contribution in [0.15, 0.2) is 28.7 Å². The van der Waals surface area contributed by atoms with Gasteiger partial charge in [-0.2, -0.15) is 0 Å². The van der Waals surface area contributed by atoms with Crippen molar-refractivity contribution < 1.29 is 9.53 Å². The van der Waals surface area contributed by atoms with Gasteiger partial charge in [-0.15, -0.1) is 0 Å². The minimum atomic E-state index is -0.225. The number of benzene rings is 1. The molecular formula is C15H19BrN2O2. The molecule has 4 nitrogen and oxygen atoms in total. The van der Waals surface area contributed by atoms with Crippen LogP contribution < -0.4 is 10.2 Å². The Hall–Kier alpha value is -1.07. The highest BCUT2D eigenvalue weighted by Crippen LogP contribution is 2.23. The van der Waals surface area contributed by atoms with E-state index in [4.69, 9.17) is 4.74 Å². The molecule has 0 spiro atoms. The van der Waals surface area contributed by atoms with Crippen LogP contribution in [0.1, 0.15) is 19.3 Å². The van der Waals surface area contributed by atoms with Crippen LogP contribution in [0.3, 0.4) is 0 Å². The molecule has 2 saturated heterocycles.